The average molecular weight is 264 g/mol. The predicted octanol–water partition coefficient (Wildman–Crippen LogP) is 1.43. The van der Waals surface area contributed by atoms with E-state index in [4.69, 9.17) is 5.21 Å². The molecule has 1 amide bonds. The van der Waals surface area contributed by atoms with Crippen molar-refractivity contribution in [3.05, 3.63) is 30.1 Å². The fourth-order valence-corrected chi connectivity index (χ4v) is 2.19. The van der Waals surface area contributed by atoms with E-state index >= 15 is 0 Å². The Kier molecular flexibility index (Phi) is 5.48. The van der Waals surface area contributed by atoms with Crippen LogP contribution in [-0.4, -0.2) is 34.3 Å². The van der Waals surface area contributed by atoms with Crippen LogP contribution in [0.15, 0.2) is 29.7 Å². The van der Waals surface area contributed by atoms with Crippen LogP contribution in [0.4, 0.5) is 0 Å². The van der Waals surface area contributed by atoms with Crippen molar-refractivity contribution in [1.82, 2.24) is 4.90 Å². The first kappa shape index (κ1) is 15.1. The number of amides is 1. The lowest BCUT2D eigenvalue weighted by Crippen LogP contribution is -2.49. The van der Waals surface area contributed by atoms with E-state index in [1.54, 1.807) is 10.8 Å². The smallest absolute Gasteiger partial charge is 0.289 e. The van der Waals surface area contributed by atoms with Gasteiger partial charge in [-0.05, 0) is 33.8 Å². The summed E-state index contributed by atoms with van der Waals surface area (Å²) in [5.74, 6) is 0.0769. The van der Waals surface area contributed by atoms with Gasteiger partial charge in [-0.1, -0.05) is 5.16 Å². The van der Waals surface area contributed by atoms with Crippen LogP contribution in [0.25, 0.3) is 0 Å². The molecule has 0 aliphatic heterocycles. The number of aromatic nitrogens is 1. The molecule has 1 rings (SSSR count). The molecule has 0 unspecified atom stereocenters. The highest BCUT2D eigenvalue weighted by Crippen LogP contribution is 2.05. The second-order valence-corrected chi connectivity index (χ2v) is 5.04. The highest BCUT2D eigenvalue weighted by molar-refractivity contribution is 5.78. The van der Waals surface area contributed by atoms with Gasteiger partial charge in [-0.2, -0.15) is 4.57 Å². The predicted molar refractivity (Wildman–Crippen MR) is 73.1 cm³/mol. The lowest BCUT2D eigenvalue weighted by atomic mass is 10.2. The van der Waals surface area contributed by atoms with Crippen molar-refractivity contribution in [3.8, 4) is 0 Å². The first-order valence-corrected chi connectivity index (χ1v) is 6.43. The van der Waals surface area contributed by atoms with Gasteiger partial charge in [0.05, 0.1) is 11.8 Å². The Hall–Kier alpha value is -1.91. The minimum absolute atomic E-state index is 0.0769. The molecule has 1 aromatic rings. The molecule has 5 nitrogen and oxygen atoms in total. The van der Waals surface area contributed by atoms with E-state index in [-0.39, 0.29) is 24.5 Å². The van der Waals surface area contributed by atoms with Gasteiger partial charge in [0, 0.05) is 18.2 Å². The summed E-state index contributed by atoms with van der Waals surface area (Å²) in [5.41, 5.74) is 0.749. The largest absolute Gasteiger partial charge is 0.411 e. The molecule has 0 atom stereocenters. The summed E-state index contributed by atoms with van der Waals surface area (Å²) in [6.07, 6.45) is 4.94. The fourth-order valence-electron chi connectivity index (χ4n) is 2.19. The van der Waals surface area contributed by atoms with Crippen molar-refractivity contribution >= 4 is 12.1 Å². The topological polar surface area (TPSA) is 56.8 Å². The molecule has 104 valence electrons. The van der Waals surface area contributed by atoms with Crippen molar-refractivity contribution in [1.29, 1.82) is 0 Å². The van der Waals surface area contributed by atoms with E-state index in [1.807, 2.05) is 50.9 Å². The van der Waals surface area contributed by atoms with Gasteiger partial charge in [0.15, 0.2) is 12.4 Å². The number of rotatable bonds is 5. The summed E-state index contributed by atoms with van der Waals surface area (Å²) >= 11 is 0. The highest BCUT2D eigenvalue weighted by Gasteiger charge is 2.23. The van der Waals surface area contributed by atoms with E-state index < -0.39 is 0 Å². The SMILES string of the molecule is CC(C)N(C(=O)C[n+]1cccc(/C=N/O)c1)C(C)C. The molecule has 0 aromatic carbocycles. The molecule has 1 aromatic heterocycles. The van der Waals surface area contributed by atoms with Gasteiger partial charge in [0.25, 0.3) is 5.91 Å². The van der Waals surface area contributed by atoms with Crippen molar-refractivity contribution < 1.29 is 14.6 Å². The third-order valence-electron chi connectivity index (χ3n) is 2.81. The maximum Gasteiger partial charge on any atom is 0.289 e. The summed E-state index contributed by atoms with van der Waals surface area (Å²) in [5, 5.41) is 11.5. The van der Waals surface area contributed by atoms with Crippen LogP contribution in [0, 0.1) is 0 Å². The monoisotopic (exact) mass is 264 g/mol. The molecule has 0 saturated carbocycles. The van der Waals surface area contributed by atoms with Crippen LogP contribution in [0.1, 0.15) is 33.3 Å². The van der Waals surface area contributed by atoms with Crippen molar-refractivity contribution in [2.24, 2.45) is 5.16 Å². The Labute approximate surface area is 114 Å². The van der Waals surface area contributed by atoms with E-state index in [9.17, 15) is 4.79 Å². The molecular formula is C14H22N3O2+. The second kappa shape index (κ2) is 6.87. The molecule has 5 heteroatoms. The number of oxime groups is 1. The number of nitrogens with zero attached hydrogens (tertiary/aromatic N) is 3. The molecule has 0 radical (unpaired) electrons. The normalized spacial score (nSPS) is 11.5. The Morgan fingerprint density at radius 1 is 1.42 bits per heavy atom. The summed E-state index contributed by atoms with van der Waals surface area (Å²) in [4.78, 5) is 14.1. The average Bonchev–Trinajstić information content (AvgIpc) is 2.28. The third-order valence-corrected chi connectivity index (χ3v) is 2.81. The molecule has 1 heterocycles. The molecule has 1 N–H and O–H groups in total. The number of carbonyl (C=O) groups is 1. The maximum absolute atomic E-state index is 12.3. The van der Waals surface area contributed by atoms with E-state index in [2.05, 4.69) is 5.16 Å². The maximum atomic E-state index is 12.3. The summed E-state index contributed by atoms with van der Waals surface area (Å²) in [6.45, 7) is 8.33. The Bertz CT molecular complexity index is 448. The molecule has 0 aliphatic carbocycles. The van der Waals surface area contributed by atoms with Gasteiger partial charge in [-0.25, -0.2) is 0 Å². The van der Waals surface area contributed by atoms with Crippen molar-refractivity contribution in [2.45, 2.75) is 46.3 Å². The zero-order valence-corrected chi connectivity index (χ0v) is 11.9. The highest BCUT2D eigenvalue weighted by atomic mass is 16.4. The first-order valence-electron chi connectivity index (χ1n) is 6.43. The number of hydrogen-bond donors (Lipinski definition) is 1. The van der Waals surface area contributed by atoms with E-state index in [1.165, 1.54) is 6.21 Å². The minimum atomic E-state index is 0.0769. The van der Waals surface area contributed by atoms with Gasteiger partial charge >= 0.3 is 0 Å². The van der Waals surface area contributed by atoms with Crippen LogP contribution >= 0.6 is 0 Å². The molecular weight excluding hydrogens is 242 g/mol. The molecule has 0 spiro atoms. The van der Waals surface area contributed by atoms with Crippen LogP contribution in [0.2, 0.25) is 0 Å². The van der Waals surface area contributed by atoms with Crippen LogP contribution < -0.4 is 4.57 Å². The van der Waals surface area contributed by atoms with Crippen LogP contribution in [-0.2, 0) is 11.3 Å². The van der Waals surface area contributed by atoms with E-state index in [0.29, 0.717) is 0 Å². The first-order chi connectivity index (χ1) is 8.95. The second-order valence-electron chi connectivity index (χ2n) is 5.04. The van der Waals surface area contributed by atoms with Crippen molar-refractivity contribution in [2.75, 3.05) is 0 Å². The Morgan fingerprint density at radius 3 is 2.58 bits per heavy atom. The summed E-state index contributed by atoms with van der Waals surface area (Å²) in [7, 11) is 0. The number of hydrogen-bond acceptors (Lipinski definition) is 3. The van der Waals surface area contributed by atoms with Gasteiger partial charge < -0.3 is 10.1 Å². The van der Waals surface area contributed by atoms with E-state index in [0.717, 1.165) is 5.56 Å². The zero-order chi connectivity index (χ0) is 14.4. The van der Waals surface area contributed by atoms with Gasteiger partial charge in [-0.3, -0.25) is 4.79 Å². The molecule has 19 heavy (non-hydrogen) atoms. The summed E-state index contributed by atoms with van der Waals surface area (Å²) in [6, 6.07) is 3.98. The lowest BCUT2D eigenvalue weighted by molar-refractivity contribution is -0.685. The third kappa shape index (κ3) is 4.35. The fraction of sp³-hybridized carbons (Fsp3) is 0.500. The standard InChI is InChI=1S/C14H21N3O2/c1-11(2)17(12(3)4)14(18)10-16-7-5-6-13(9-16)8-15-19/h5-9,11-12H,10H2,1-4H3/p+1/b15-8+. The number of carbonyl (C=O) groups excluding carboxylic acids is 1. The molecule has 0 aliphatic rings. The molecule has 0 bridgehead atoms. The summed E-state index contributed by atoms with van der Waals surface area (Å²) < 4.78 is 1.79. The van der Waals surface area contributed by atoms with Crippen molar-refractivity contribution in [3.63, 3.8) is 0 Å². The number of pyridine rings is 1. The molecule has 0 saturated heterocycles. The van der Waals surface area contributed by atoms with Crippen LogP contribution in [0.3, 0.4) is 0 Å². The van der Waals surface area contributed by atoms with Gasteiger partial charge in [-0.15, -0.1) is 0 Å². The quantitative estimate of drug-likeness (QED) is 0.378. The zero-order valence-electron chi connectivity index (χ0n) is 11.9. The van der Waals surface area contributed by atoms with Crippen LogP contribution in [0.5, 0.6) is 0 Å². The Morgan fingerprint density at radius 2 is 2.05 bits per heavy atom. The minimum Gasteiger partial charge on any atom is -0.411 e. The van der Waals surface area contributed by atoms with Gasteiger partial charge in [0.2, 0.25) is 6.54 Å². The van der Waals surface area contributed by atoms with Gasteiger partial charge in [0.1, 0.15) is 0 Å². The molecule has 0 fully saturated rings. The lowest BCUT2D eigenvalue weighted by Gasteiger charge is -2.29. The Balaban J connectivity index is 2.83.